The summed E-state index contributed by atoms with van der Waals surface area (Å²) in [5, 5.41) is 2.82. The van der Waals surface area contributed by atoms with Gasteiger partial charge in [-0.2, -0.15) is 8.78 Å². The Morgan fingerprint density at radius 2 is 1.67 bits per heavy atom. The number of methoxy groups -OCH3 is 1. The molecule has 0 heterocycles. The Bertz CT molecular complexity index is 1110. The average Bonchev–Trinajstić information content (AvgIpc) is 2.80. The molecule has 1 unspecified atom stereocenters. The van der Waals surface area contributed by atoms with E-state index < -0.39 is 6.61 Å². The van der Waals surface area contributed by atoms with Crippen molar-refractivity contribution in [3.05, 3.63) is 89.5 Å². The molecule has 33 heavy (non-hydrogen) atoms. The fraction of sp³-hybridized carbons (Fsp3) is 0.200. The van der Waals surface area contributed by atoms with Crippen molar-refractivity contribution in [3.63, 3.8) is 0 Å². The van der Waals surface area contributed by atoms with E-state index in [0.717, 1.165) is 10.5 Å². The van der Waals surface area contributed by atoms with E-state index >= 15 is 0 Å². The van der Waals surface area contributed by atoms with Crippen molar-refractivity contribution in [1.82, 2.24) is 0 Å². The van der Waals surface area contributed by atoms with Gasteiger partial charge in [0.05, 0.1) is 19.8 Å². The van der Waals surface area contributed by atoms with Crippen molar-refractivity contribution < 1.29 is 32.7 Å². The number of benzene rings is 3. The number of para-hydroxylation sites is 1. The maximum absolute atomic E-state index is 12.8. The molecular formula is C25H25F2N2O4+. The molecule has 0 bridgehead atoms. The molecule has 0 aliphatic carbocycles. The molecule has 1 amide bonds. The summed E-state index contributed by atoms with van der Waals surface area (Å²) in [6.45, 7) is -2.37. The topological polar surface area (TPSA) is 69.1 Å². The molecule has 8 heteroatoms. The van der Waals surface area contributed by atoms with Gasteiger partial charge < -0.3 is 19.7 Å². The number of hydrogen-bond acceptors (Lipinski definition) is 4. The highest BCUT2D eigenvalue weighted by atomic mass is 19.3. The summed E-state index contributed by atoms with van der Waals surface area (Å²) in [6.07, 6.45) is 0. The van der Waals surface area contributed by atoms with Crippen molar-refractivity contribution in [2.75, 3.05) is 26.0 Å². The molecule has 2 N–H and O–H groups in total. The smallest absolute Gasteiger partial charge is 0.387 e. The summed E-state index contributed by atoms with van der Waals surface area (Å²) >= 11 is 0. The average molecular weight is 455 g/mol. The number of amides is 1. The summed E-state index contributed by atoms with van der Waals surface area (Å²) in [6, 6.07) is 20.4. The normalized spacial score (nSPS) is 11.7. The lowest BCUT2D eigenvalue weighted by Crippen LogP contribution is -3.08. The predicted molar refractivity (Wildman–Crippen MR) is 120 cm³/mol. The number of quaternary nitrogens is 1. The fourth-order valence-electron chi connectivity index (χ4n) is 3.43. The number of likely N-dealkylation sites (N-methyl/N-ethyl adjacent to an activating group) is 1. The number of carbonyl (C=O) groups excluding carboxylic acids is 2. The number of rotatable bonds is 10. The third-order valence-corrected chi connectivity index (χ3v) is 4.89. The minimum absolute atomic E-state index is 0.0497. The Kier molecular flexibility index (Phi) is 8.10. The molecule has 172 valence electrons. The van der Waals surface area contributed by atoms with Crippen LogP contribution in [0.15, 0.2) is 72.8 Å². The summed E-state index contributed by atoms with van der Waals surface area (Å²) < 4.78 is 34.5. The van der Waals surface area contributed by atoms with E-state index in [9.17, 15) is 18.4 Å². The van der Waals surface area contributed by atoms with Crippen molar-refractivity contribution in [3.8, 4) is 11.5 Å². The first-order chi connectivity index (χ1) is 15.9. The van der Waals surface area contributed by atoms with Gasteiger partial charge in [0.15, 0.2) is 23.8 Å². The van der Waals surface area contributed by atoms with Crippen LogP contribution in [0.4, 0.5) is 14.5 Å². The van der Waals surface area contributed by atoms with Gasteiger partial charge in [-0.05, 0) is 30.3 Å². The molecule has 0 saturated heterocycles. The number of hydrogen-bond donors (Lipinski definition) is 2. The molecule has 0 aliphatic rings. The molecule has 6 nitrogen and oxygen atoms in total. The lowest BCUT2D eigenvalue weighted by Gasteiger charge is -2.16. The summed E-state index contributed by atoms with van der Waals surface area (Å²) in [7, 11) is 3.20. The molecular weight excluding hydrogens is 430 g/mol. The van der Waals surface area contributed by atoms with Crippen LogP contribution in [0.2, 0.25) is 0 Å². The van der Waals surface area contributed by atoms with E-state index in [4.69, 9.17) is 4.74 Å². The highest BCUT2D eigenvalue weighted by Crippen LogP contribution is 2.29. The van der Waals surface area contributed by atoms with Gasteiger partial charge in [-0.3, -0.25) is 9.59 Å². The van der Waals surface area contributed by atoms with Crippen LogP contribution in [0, 0.1) is 0 Å². The first kappa shape index (κ1) is 23.9. The molecule has 3 aromatic rings. The molecule has 3 rings (SSSR count). The van der Waals surface area contributed by atoms with Crippen LogP contribution in [0.3, 0.4) is 0 Å². The Labute approximate surface area is 190 Å². The van der Waals surface area contributed by atoms with Gasteiger partial charge in [-0.25, -0.2) is 0 Å². The molecule has 3 aromatic carbocycles. The van der Waals surface area contributed by atoms with Crippen molar-refractivity contribution >= 4 is 17.4 Å². The van der Waals surface area contributed by atoms with Crippen LogP contribution >= 0.6 is 0 Å². The highest BCUT2D eigenvalue weighted by molar-refractivity contribution is 6.13. The monoisotopic (exact) mass is 455 g/mol. The first-order valence-electron chi connectivity index (χ1n) is 10.3. The zero-order valence-electron chi connectivity index (χ0n) is 18.3. The maximum Gasteiger partial charge on any atom is 0.387 e. The van der Waals surface area contributed by atoms with E-state index in [1.807, 2.05) is 13.1 Å². The predicted octanol–water partition coefficient (Wildman–Crippen LogP) is 3.18. The zero-order valence-corrected chi connectivity index (χ0v) is 18.3. The number of ether oxygens (including phenoxy) is 2. The van der Waals surface area contributed by atoms with E-state index in [1.165, 1.54) is 13.2 Å². The van der Waals surface area contributed by atoms with Crippen LogP contribution in [-0.4, -0.2) is 39.0 Å². The molecule has 0 spiro atoms. The second-order valence-corrected chi connectivity index (χ2v) is 7.46. The first-order valence-corrected chi connectivity index (χ1v) is 10.3. The van der Waals surface area contributed by atoms with Crippen LogP contribution in [-0.2, 0) is 11.3 Å². The van der Waals surface area contributed by atoms with Gasteiger partial charge in [0.2, 0.25) is 0 Å². The number of halogens is 2. The van der Waals surface area contributed by atoms with E-state index in [1.54, 1.807) is 60.7 Å². The maximum atomic E-state index is 12.8. The quantitative estimate of drug-likeness (QED) is 0.461. The van der Waals surface area contributed by atoms with Gasteiger partial charge in [-0.15, -0.1) is 0 Å². The Morgan fingerprint density at radius 3 is 2.36 bits per heavy atom. The van der Waals surface area contributed by atoms with E-state index in [2.05, 4.69) is 10.1 Å². The Hall–Kier alpha value is -3.78. The van der Waals surface area contributed by atoms with Gasteiger partial charge in [0.25, 0.3) is 5.91 Å². The largest absolute Gasteiger partial charge is 0.493 e. The molecule has 1 atom stereocenters. The van der Waals surface area contributed by atoms with E-state index in [0.29, 0.717) is 23.4 Å². The number of alkyl halides is 2. The van der Waals surface area contributed by atoms with Gasteiger partial charge in [0.1, 0.15) is 6.54 Å². The number of carbonyl (C=O) groups is 2. The molecule has 0 aromatic heterocycles. The summed E-state index contributed by atoms with van der Waals surface area (Å²) in [5.41, 5.74) is 2.18. The third-order valence-electron chi connectivity index (χ3n) is 4.89. The van der Waals surface area contributed by atoms with Gasteiger partial charge in [0, 0.05) is 16.7 Å². The van der Waals surface area contributed by atoms with Crippen LogP contribution in [0.5, 0.6) is 11.5 Å². The number of nitrogens with one attached hydrogen (secondary N) is 2. The van der Waals surface area contributed by atoms with Crippen molar-refractivity contribution in [1.29, 1.82) is 0 Å². The Morgan fingerprint density at radius 1 is 0.970 bits per heavy atom. The lowest BCUT2D eigenvalue weighted by molar-refractivity contribution is -0.885. The molecule has 0 aliphatic heterocycles. The summed E-state index contributed by atoms with van der Waals surface area (Å²) in [5.74, 6) is -0.291. The third kappa shape index (κ3) is 6.60. The molecule has 0 saturated carbocycles. The van der Waals surface area contributed by atoms with Crippen LogP contribution < -0.4 is 19.7 Å². The number of ketones is 1. The minimum Gasteiger partial charge on any atom is -0.493 e. The fourth-order valence-corrected chi connectivity index (χ4v) is 3.43. The van der Waals surface area contributed by atoms with Gasteiger partial charge in [-0.1, -0.05) is 42.5 Å². The van der Waals surface area contributed by atoms with Crippen LogP contribution in [0.25, 0.3) is 0 Å². The summed E-state index contributed by atoms with van der Waals surface area (Å²) in [4.78, 5) is 26.3. The minimum atomic E-state index is -2.95. The number of anilines is 1. The second-order valence-electron chi connectivity index (χ2n) is 7.46. The SMILES string of the molecule is COc1cc(C[NH+](C)CC(=O)Nc2ccccc2C(=O)c2ccccc2)ccc1OC(F)F. The standard InChI is InChI=1S/C25H24F2N2O4/c1-29(15-17-12-13-21(33-25(26)27)22(14-17)32-2)16-23(30)28-20-11-7-6-10-19(20)24(31)18-8-4-3-5-9-18/h3-14,25H,15-16H2,1-2H3,(H,28,30)/p+1. The lowest BCUT2D eigenvalue weighted by atomic mass is 10.0. The van der Waals surface area contributed by atoms with Gasteiger partial charge >= 0.3 is 6.61 Å². The Balaban J connectivity index is 1.64. The second kappa shape index (κ2) is 11.2. The van der Waals surface area contributed by atoms with Crippen molar-refractivity contribution in [2.24, 2.45) is 0 Å². The van der Waals surface area contributed by atoms with E-state index in [-0.39, 0.29) is 29.7 Å². The zero-order chi connectivity index (χ0) is 23.8. The van der Waals surface area contributed by atoms with Crippen LogP contribution in [0.1, 0.15) is 21.5 Å². The molecule has 0 fully saturated rings. The molecule has 0 radical (unpaired) electrons. The highest BCUT2D eigenvalue weighted by Gasteiger charge is 2.18. The van der Waals surface area contributed by atoms with Crippen molar-refractivity contribution in [2.45, 2.75) is 13.2 Å².